The molecule has 0 atom stereocenters. The summed E-state index contributed by atoms with van der Waals surface area (Å²) in [6.07, 6.45) is 4.29. The summed E-state index contributed by atoms with van der Waals surface area (Å²) in [4.78, 5) is 24.6. The number of nitrogens with zero attached hydrogens (tertiary/aromatic N) is 3. The smallest absolute Gasteiger partial charge is 0.220 e. The van der Waals surface area contributed by atoms with Crippen LogP contribution in [-0.4, -0.2) is 33.9 Å². The van der Waals surface area contributed by atoms with E-state index >= 15 is 0 Å². The summed E-state index contributed by atoms with van der Waals surface area (Å²) in [6.45, 7) is 7.10. The first-order chi connectivity index (χ1) is 12.1. The number of pyridine rings is 1. The molecular formula is C18H26N6O. The van der Waals surface area contributed by atoms with Crippen LogP contribution in [0, 0.1) is 13.8 Å². The molecule has 2 aromatic heterocycles. The van der Waals surface area contributed by atoms with Crippen LogP contribution in [0.1, 0.15) is 37.6 Å². The second-order valence-corrected chi connectivity index (χ2v) is 5.91. The highest BCUT2D eigenvalue weighted by molar-refractivity contribution is 5.75. The Hall–Kier alpha value is -2.70. The van der Waals surface area contributed by atoms with Crippen molar-refractivity contribution < 1.29 is 4.79 Å². The quantitative estimate of drug-likeness (QED) is 0.607. The number of amides is 1. The molecule has 0 bridgehead atoms. The Balaban J connectivity index is 1.87. The van der Waals surface area contributed by atoms with Crippen molar-refractivity contribution in [1.82, 2.24) is 20.3 Å². The predicted molar refractivity (Wildman–Crippen MR) is 100 cm³/mol. The zero-order valence-electron chi connectivity index (χ0n) is 15.1. The van der Waals surface area contributed by atoms with Crippen molar-refractivity contribution in [2.45, 2.75) is 40.0 Å². The highest BCUT2D eigenvalue weighted by atomic mass is 16.1. The number of rotatable bonds is 9. The number of nitrogens with one attached hydrogen (secondary N) is 3. The number of aryl methyl sites for hydroxylation is 2. The van der Waals surface area contributed by atoms with Crippen molar-refractivity contribution in [3.05, 3.63) is 35.8 Å². The zero-order valence-corrected chi connectivity index (χ0v) is 15.1. The van der Waals surface area contributed by atoms with Gasteiger partial charge >= 0.3 is 0 Å². The van der Waals surface area contributed by atoms with Gasteiger partial charge in [0, 0.05) is 31.8 Å². The Labute approximate surface area is 148 Å². The molecule has 2 rings (SSSR count). The summed E-state index contributed by atoms with van der Waals surface area (Å²) in [5.41, 5.74) is 1.13. The molecule has 0 aliphatic heterocycles. The number of carbonyl (C=O) groups excluding carboxylic acids is 1. The predicted octanol–water partition coefficient (Wildman–Crippen LogP) is 2.95. The minimum Gasteiger partial charge on any atom is -0.368 e. The van der Waals surface area contributed by atoms with Crippen LogP contribution in [0.5, 0.6) is 0 Å². The lowest BCUT2D eigenvalue weighted by atomic mass is 10.2. The van der Waals surface area contributed by atoms with Gasteiger partial charge in [-0.25, -0.2) is 15.0 Å². The number of hydrogen-bond donors (Lipinski definition) is 3. The van der Waals surface area contributed by atoms with Crippen LogP contribution in [0.15, 0.2) is 24.4 Å². The number of hydrogen-bond acceptors (Lipinski definition) is 6. The number of carbonyl (C=O) groups is 1. The zero-order chi connectivity index (χ0) is 18.1. The topological polar surface area (TPSA) is 91.8 Å². The highest BCUT2D eigenvalue weighted by Gasteiger charge is 2.04. The van der Waals surface area contributed by atoms with Crippen molar-refractivity contribution in [2.75, 3.05) is 23.7 Å². The third-order valence-electron chi connectivity index (χ3n) is 3.52. The van der Waals surface area contributed by atoms with Crippen molar-refractivity contribution in [3.63, 3.8) is 0 Å². The lowest BCUT2D eigenvalue weighted by molar-refractivity contribution is -0.121. The van der Waals surface area contributed by atoms with Gasteiger partial charge in [-0.3, -0.25) is 4.79 Å². The summed E-state index contributed by atoms with van der Waals surface area (Å²) in [5, 5.41) is 9.29. The van der Waals surface area contributed by atoms with Gasteiger partial charge < -0.3 is 16.0 Å². The lowest BCUT2D eigenvalue weighted by Gasteiger charge is -2.10. The summed E-state index contributed by atoms with van der Waals surface area (Å²) >= 11 is 0. The van der Waals surface area contributed by atoms with E-state index in [4.69, 9.17) is 0 Å². The third-order valence-corrected chi connectivity index (χ3v) is 3.52. The monoisotopic (exact) mass is 342 g/mol. The molecule has 0 aliphatic carbocycles. The van der Waals surface area contributed by atoms with E-state index in [0.717, 1.165) is 24.2 Å². The maximum atomic E-state index is 11.6. The van der Waals surface area contributed by atoms with Crippen molar-refractivity contribution >= 4 is 23.4 Å². The van der Waals surface area contributed by atoms with Crippen LogP contribution in [0.4, 0.5) is 17.5 Å². The first-order valence-corrected chi connectivity index (χ1v) is 8.62. The molecule has 0 saturated carbocycles. The van der Waals surface area contributed by atoms with E-state index in [1.165, 1.54) is 0 Å². The third kappa shape index (κ3) is 6.74. The number of anilines is 3. The molecule has 3 N–H and O–H groups in total. The Morgan fingerprint density at radius 2 is 1.88 bits per heavy atom. The molecular weight excluding hydrogens is 316 g/mol. The standard InChI is InChI=1S/C18H26N6O/c1-4-5-6-18(25)21-10-9-20-16-12-17(23-14(3)22-16)24-15-11-13(2)7-8-19-15/h7-8,11-12H,4-6,9-10H2,1-3H3,(H,21,25)(H2,19,20,22,23,24). The van der Waals surface area contributed by atoms with Crippen LogP contribution in [0.3, 0.4) is 0 Å². The van der Waals surface area contributed by atoms with Crippen molar-refractivity contribution in [2.24, 2.45) is 0 Å². The minimum absolute atomic E-state index is 0.0930. The van der Waals surface area contributed by atoms with Crippen LogP contribution >= 0.6 is 0 Å². The van der Waals surface area contributed by atoms with Gasteiger partial charge in [0.15, 0.2) is 0 Å². The molecule has 7 nitrogen and oxygen atoms in total. The van der Waals surface area contributed by atoms with Crippen molar-refractivity contribution in [3.8, 4) is 0 Å². The molecule has 0 aliphatic rings. The number of unbranched alkanes of at least 4 members (excludes halogenated alkanes) is 1. The molecule has 7 heteroatoms. The minimum atomic E-state index is 0.0930. The fourth-order valence-corrected chi connectivity index (χ4v) is 2.28. The van der Waals surface area contributed by atoms with Gasteiger partial charge in [0.05, 0.1) is 0 Å². The molecule has 0 aromatic carbocycles. The molecule has 0 unspecified atom stereocenters. The van der Waals surface area contributed by atoms with Gasteiger partial charge in [-0.15, -0.1) is 0 Å². The largest absolute Gasteiger partial charge is 0.368 e. The summed E-state index contributed by atoms with van der Waals surface area (Å²) < 4.78 is 0. The van der Waals surface area contributed by atoms with Gasteiger partial charge in [-0.2, -0.15) is 0 Å². The molecule has 2 heterocycles. The molecule has 0 fully saturated rings. The molecule has 25 heavy (non-hydrogen) atoms. The van der Waals surface area contributed by atoms with E-state index in [9.17, 15) is 4.79 Å². The molecule has 2 aromatic rings. The van der Waals surface area contributed by atoms with Gasteiger partial charge in [0.25, 0.3) is 0 Å². The lowest BCUT2D eigenvalue weighted by Crippen LogP contribution is -2.28. The van der Waals surface area contributed by atoms with E-state index < -0.39 is 0 Å². The van der Waals surface area contributed by atoms with E-state index in [-0.39, 0.29) is 5.91 Å². The second kappa shape index (κ2) is 9.56. The van der Waals surface area contributed by atoms with Crippen LogP contribution in [0.2, 0.25) is 0 Å². The summed E-state index contributed by atoms with van der Waals surface area (Å²) in [5.74, 6) is 2.89. The fourth-order valence-electron chi connectivity index (χ4n) is 2.28. The maximum absolute atomic E-state index is 11.6. The van der Waals surface area contributed by atoms with Gasteiger partial charge in [-0.1, -0.05) is 13.3 Å². The number of aromatic nitrogens is 3. The van der Waals surface area contributed by atoms with E-state index in [1.807, 2.05) is 32.0 Å². The molecule has 0 spiro atoms. The first-order valence-electron chi connectivity index (χ1n) is 8.62. The molecule has 0 radical (unpaired) electrons. The fraction of sp³-hybridized carbons (Fsp3) is 0.444. The molecule has 0 saturated heterocycles. The molecule has 1 amide bonds. The van der Waals surface area contributed by atoms with E-state index in [2.05, 4.69) is 37.8 Å². The van der Waals surface area contributed by atoms with Crippen LogP contribution in [0.25, 0.3) is 0 Å². The highest BCUT2D eigenvalue weighted by Crippen LogP contribution is 2.16. The first kappa shape index (κ1) is 18.6. The van der Waals surface area contributed by atoms with Gasteiger partial charge in [0.1, 0.15) is 23.3 Å². The average molecular weight is 342 g/mol. The Bertz CT molecular complexity index is 704. The Kier molecular flexibility index (Phi) is 7.13. The SMILES string of the molecule is CCCCC(=O)NCCNc1cc(Nc2cc(C)ccn2)nc(C)n1. The van der Waals surface area contributed by atoms with Crippen molar-refractivity contribution in [1.29, 1.82) is 0 Å². The normalized spacial score (nSPS) is 10.4. The van der Waals surface area contributed by atoms with Crippen LogP contribution in [-0.2, 0) is 4.79 Å². The summed E-state index contributed by atoms with van der Waals surface area (Å²) in [7, 11) is 0. The Morgan fingerprint density at radius 3 is 2.64 bits per heavy atom. The van der Waals surface area contributed by atoms with Gasteiger partial charge in [-0.05, 0) is 38.0 Å². The van der Waals surface area contributed by atoms with E-state index in [1.54, 1.807) is 6.20 Å². The van der Waals surface area contributed by atoms with E-state index in [0.29, 0.717) is 37.0 Å². The van der Waals surface area contributed by atoms with Gasteiger partial charge in [0.2, 0.25) is 5.91 Å². The Morgan fingerprint density at radius 1 is 1.08 bits per heavy atom. The second-order valence-electron chi connectivity index (χ2n) is 5.91. The maximum Gasteiger partial charge on any atom is 0.220 e. The average Bonchev–Trinajstić information content (AvgIpc) is 2.56. The summed E-state index contributed by atoms with van der Waals surface area (Å²) in [6, 6.07) is 5.73. The van der Waals surface area contributed by atoms with Crippen LogP contribution < -0.4 is 16.0 Å². The molecule has 134 valence electrons.